The minimum atomic E-state index is -0.891. The van der Waals surface area contributed by atoms with Gasteiger partial charge in [0.2, 0.25) is 0 Å². The minimum Gasteiger partial charge on any atom is -0.481 e. The number of hydrogen-bond donors (Lipinski definition) is 2. The summed E-state index contributed by atoms with van der Waals surface area (Å²) in [4.78, 5) is 39.3. The van der Waals surface area contributed by atoms with Gasteiger partial charge in [-0.15, -0.1) is 0 Å². The van der Waals surface area contributed by atoms with E-state index in [1.54, 1.807) is 30.3 Å². The standard InChI is InChI=1S/C15H14N2O4/c18-13-11-4-2-1-3-9(11)7-12(16-13)14(19)17-6-5-10(8-17)15(20)21/h1-4,7,10H,5-6,8H2,(H,16,18)(H,20,21)/t10-/m0/s1. The third-order valence-electron chi connectivity index (χ3n) is 3.81. The summed E-state index contributed by atoms with van der Waals surface area (Å²) >= 11 is 0. The molecule has 1 aromatic carbocycles. The van der Waals surface area contributed by atoms with Crippen LogP contribution in [0.4, 0.5) is 0 Å². The molecule has 2 aromatic rings. The fourth-order valence-electron chi connectivity index (χ4n) is 2.64. The number of nitrogens with one attached hydrogen (secondary N) is 1. The van der Waals surface area contributed by atoms with Gasteiger partial charge in [0, 0.05) is 18.5 Å². The number of fused-ring (bicyclic) bond motifs is 1. The molecule has 1 aliphatic heterocycles. The number of benzene rings is 1. The molecule has 1 amide bonds. The number of H-pyrrole nitrogens is 1. The molecule has 108 valence electrons. The van der Waals surface area contributed by atoms with Gasteiger partial charge in [-0.25, -0.2) is 0 Å². The van der Waals surface area contributed by atoms with Gasteiger partial charge in [0.1, 0.15) is 5.69 Å². The molecule has 0 unspecified atom stereocenters. The maximum absolute atomic E-state index is 12.4. The van der Waals surface area contributed by atoms with Crippen LogP contribution in [-0.4, -0.2) is 40.0 Å². The van der Waals surface area contributed by atoms with Gasteiger partial charge >= 0.3 is 5.97 Å². The number of aromatic nitrogens is 1. The molecule has 1 aliphatic rings. The second-order valence-electron chi connectivity index (χ2n) is 5.17. The predicted octanol–water partition coefficient (Wildman–Crippen LogP) is 1.07. The van der Waals surface area contributed by atoms with E-state index < -0.39 is 11.9 Å². The maximum atomic E-state index is 12.4. The smallest absolute Gasteiger partial charge is 0.308 e. The molecule has 1 fully saturated rings. The molecule has 1 atom stereocenters. The largest absolute Gasteiger partial charge is 0.481 e. The van der Waals surface area contributed by atoms with Crippen LogP contribution in [0.25, 0.3) is 10.8 Å². The number of carboxylic acid groups (broad SMARTS) is 1. The molecule has 0 radical (unpaired) electrons. The van der Waals surface area contributed by atoms with Crippen LogP contribution in [0, 0.1) is 5.92 Å². The molecule has 6 nitrogen and oxygen atoms in total. The van der Waals surface area contributed by atoms with E-state index in [-0.39, 0.29) is 23.7 Å². The first-order valence-corrected chi connectivity index (χ1v) is 6.70. The Morgan fingerprint density at radius 2 is 2.05 bits per heavy atom. The number of amides is 1. The average Bonchev–Trinajstić information content (AvgIpc) is 2.96. The van der Waals surface area contributed by atoms with E-state index in [2.05, 4.69) is 4.98 Å². The van der Waals surface area contributed by atoms with Crippen molar-refractivity contribution < 1.29 is 14.7 Å². The average molecular weight is 286 g/mol. The van der Waals surface area contributed by atoms with E-state index >= 15 is 0 Å². The summed E-state index contributed by atoms with van der Waals surface area (Å²) in [6, 6.07) is 8.65. The Hall–Kier alpha value is -2.63. The first kappa shape index (κ1) is 13.4. The number of hydrogen-bond acceptors (Lipinski definition) is 3. The number of aliphatic carboxylic acids is 1. The van der Waals surface area contributed by atoms with Gasteiger partial charge in [-0.1, -0.05) is 18.2 Å². The van der Waals surface area contributed by atoms with Gasteiger partial charge in [-0.05, 0) is 23.9 Å². The van der Waals surface area contributed by atoms with Gasteiger partial charge in [-0.2, -0.15) is 0 Å². The number of carboxylic acids is 1. The monoisotopic (exact) mass is 286 g/mol. The lowest BCUT2D eigenvalue weighted by Gasteiger charge is -2.15. The van der Waals surface area contributed by atoms with Crippen LogP contribution in [0.2, 0.25) is 0 Å². The molecule has 0 bridgehead atoms. The lowest BCUT2D eigenvalue weighted by atomic mass is 10.1. The highest BCUT2D eigenvalue weighted by molar-refractivity contribution is 5.96. The second-order valence-corrected chi connectivity index (χ2v) is 5.17. The zero-order chi connectivity index (χ0) is 15.0. The highest BCUT2D eigenvalue weighted by Crippen LogP contribution is 2.19. The SMILES string of the molecule is O=C(O)[C@H]1CCN(C(=O)c2cc3ccccc3c(=O)[nH]2)C1. The van der Waals surface area contributed by atoms with Crippen LogP contribution >= 0.6 is 0 Å². The van der Waals surface area contributed by atoms with Crippen LogP contribution < -0.4 is 5.56 Å². The molecule has 3 rings (SSSR count). The highest BCUT2D eigenvalue weighted by Gasteiger charge is 2.31. The quantitative estimate of drug-likeness (QED) is 0.864. The van der Waals surface area contributed by atoms with E-state index in [1.165, 1.54) is 4.90 Å². The first-order valence-electron chi connectivity index (χ1n) is 6.70. The fourth-order valence-corrected chi connectivity index (χ4v) is 2.64. The predicted molar refractivity (Wildman–Crippen MR) is 76.2 cm³/mol. The molecule has 0 saturated carbocycles. The number of nitrogens with zero attached hydrogens (tertiary/aromatic N) is 1. The summed E-state index contributed by atoms with van der Waals surface area (Å²) in [5, 5.41) is 10.2. The Balaban J connectivity index is 1.92. The van der Waals surface area contributed by atoms with Crippen LogP contribution in [0.3, 0.4) is 0 Å². The molecule has 6 heteroatoms. The number of pyridine rings is 1. The van der Waals surface area contributed by atoms with Gasteiger partial charge < -0.3 is 15.0 Å². The molecular weight excluding hydrogens is 272 g/mol. The Morgan fingerprint density at radius 3 is 2.76 bits per heavy atom. The van der Waals surface area contributed by atoms with Crippen molar-refractivity contribution in [1.82, 2.24) is 9.88 Å². The summed E-state index contributed by atoms with van der Waals surface area (Å²) in [6.07, 6.45) is 0.443. The van der Waals surface area contributed by atoms with Gasteiger partial charge in [0.05, 0.1) is 5.92 Å². The van der Waals surface area contributed by atoms with Crippen molar-refractivity contribution in [3.05, 3.63) is 46.4 Å². The summed E-state index contributed by atoms with van der Waals surface area (Å²) in [6.45, 7) is 0.577. The molecule has 2 heterocycles. The molecule has 1 aromatic heterocycles. The number of aromatic amines is 1. The zero-order valence-corrected chi connectivity index (χ0v) is 11.2. The van der Waals surface area contributed by atoms with Crippen LogP contribution in [-0.2, 0) is 4.79 Å². The van der Waals surface area contributed by atoms with Crippen molar-refractivity contribution in [2.75, 3.05) is 13.1 Å². The molecule has 2 N–H and O–H groups in total. The number of carbonyl (C=O) groups is 2. The van der Waals surface area contributed by atoms with E-state index in [1.807, 2.05) is 0 Å². The Bertz CT molecular complexity index is 781. The second kappa shape index (κ2) is 5.05. The van der Waals surface area contributed by atoms with E-state index in [4.69, 9.17) is 5.11 Å². The van der Waals surface area contributed by atoms with Crippen molar-refractivity contribution in [2.45, 2.75) is 6.42 Å². The van der Waals surface area contributed by atoms with Crippen molar-refractivity contribution in [3.63, 3.8) is 0 Å². The lowest BCUT2D eigenvalue weighted by molar-refractivity contribution is -0.141. The van der Waals surface area contributed by atoms with Crippen molar-refractivity contribution >= 4 is 22.6 Å². The Labute approximate surface area is 120 Å². The normalized spacial score (nSPS) is 18.1. The number of rotatable bonds is 2. The third-order valence-corrected chi connectivity index (χ3v) is 3.81. The lowest BCUT2D eigenvalue weighted by Crippen LogP contribution is -2.31. The molecule has 1 saturated heterocycles. The minimum absolute atomic E-state index is 0.184. The summed E-state index contributed by atoms with van der Waals surface area (Å²) < 4.78 is 0. The van der Waals surface area contributed by atoms with Crippen molar-refractivity contribution in [2.24, 2.45) is 5.92 Å². The van der Waals surface area contributed by atoms with Gasteiger partial charge in [0.15, 0.2) is 0 Å². The van der Waals surface area contributed by atoms with Gasteiger partial charge in [-0.3, -0.25) is 14.4 Å². The molecule has 0 aliphatic carbocycles. The molecular formula is C15H14N2O4. The van der Waals surface area contributed by atoms with Crippen LogP contribution in [0.5, 0.6) is 0 Å². The first-order chi connectivity index (χ1) is 10.1. The van der Waals surface area contributed by atoms with Crippen molar-refractivity contribution in [3.8, 4) is 0 Å². The summed E-state index contributed by atoms with van der Waals surface area (Å²) in [5.74, 6) is -1.75. The summed E-state index contributed by atoms with van der Waals surface area (Å²) in [7, 11) is 0. The third kappa shape index (κ3) is 2.40. The van der Waals surface area contributed by atoms with Gasteiger partial charge in [0.25, 0.3) is 11.5 Å². The van der Waals surface area contributed by atoms with Crippen LogP contribution in [0.1, 0.15) is 16.9 Å². The topological polar surface area (TPSA) is 90.5 Å². The number of carbonyl (C=O) groups excluding carboxylic acids is 1. The highest BCUT2D eigenvalue weighted by atomic mass is 16.4. The fraction of sp³-hybridized carbons (Fsp3) is 0.267. The van der Waals surface area contributed by atoms with E-state index in [9.17, 15) is 14.4 Å². The van der Waals surface area contributed by atoms with E-state index in [0.29, 0.717) is 23.7 Å². The Morgan fingerprint density at radius 1 is 1.29 bits per heavy atom. The molecule has 0 spiro atoms. The molecule has 21 heavy (non-hydrogen) atoms. The van der Waals surface area contributed by atoms with Crippen molar-refractivity contribution in [1.29, 1.82) is 0 Å². The summed E-state index contributed by atoms with van der Waals surface area (Å²) in [5.41, 5.74) is -0.116. The maximum Gasteiger partial charge on any atom is 0.308 e. The Kier molecular flexibility index (Phi) is 3.21. The number of likely N-dealkylation sites (tertiary alicyclic amines) is 1. The van der Waals surface area contributed by atoms with E-state index in [0.717, 1.165) is 0 Å². The van der Waals surface area contributed by atoms with Crippen LogP contribution in [0.15, 0.2) is 35.1 Å². The zero-order valence-electron chi connectivity index (χ0n) is 11.2.